The van der Waals surface area contributed by atoms with Crippen LogP contribution in [-0.2, 0) is 4.79 Å². The second-order valence-corrected chi connectivity index (χ2v) is 4.90. The summed E-state index contributed by atoms with van der Waals surface area (Å²) in [6, 6.07) is 8.04. The van der Waals surface area contributed by atoms with Gasteiger partial charge in [-0.05, 0) is 31.5 Å². The van der Waals surface area contributed by atoms with Crippen LogP contribution >= 0.6 is 11.8 Å². The van der Waals surface area contributed by atoms with Gasteiger partial charge in [0.15, 0.2) is 5.16 Å². The molecule has 1 heterocycles. The number of nitrogens with two attached hydrogens (primary N) is 1. The van der Waals surface area contributed by atoms with Crippen LogP contribution in [0.15, 0.2) is 29.4 Å². The zero-order chi connectivity index (χ0) is 13.1. The van der Waals surface area contributed by atoms with Gasteiger partial charge in [-0.3, -0.25) is 9.36 Å². The van der Waals surface area contributed by atoms with Crippen molar-refractivity contribution in [2.24, 2.45) is 5.73 Å². The van der Waals surface area contributed by atoms with Gasteiger partial charge >= 0.3 is 0 Å². The predicted octanol–water partition coefficient (Wildman–Crippen LogP) is 1.46. The van der Waals surface area contributed by atoms with Crippen molar-refractivity contribution in [2.75, 3.05) is 5.75 Å². The van der Waals surface area contributed by atoms with Crippen molar-refractivity contribution in [1.29, 1.82) is 0 Å². The Balaban J connectivity index is 2.37. The summed E-state index contributed by atoms with van der Waals surface area (Å²) in [6.07, 6.45) is 0. The molecule has 18 heavy (non-hydrogen) atoms. The monoisotopic (exact) mass is 262 g/mol. The lowest BCUT2D eigenvalue weighted by Gasteiger charge is -2.08. The molecule has 0 atom stereocenters. The molecule has 1 amide bonds. The molecule has 2 aromatic rings. The highest BCUT2D eigenvalue weighted by Crippen LogP contribution is 2.21. The largest absolute Gasteiger partial charge is 0.369 e. The van der Waals surface area contributed by atoms with E-state index >= 15 is 0 Å². The third-order valence-corrected chi connectivity index (χ3v) is 3.35. The second-order valence-electron chi connectivity index (χ2n) is 3.96. The Labute approximate surface area is 109 Å². The number of amides is 1. The standard InChI is InChI=1S/C12H14N4OS/c1-8-4-3-5-10(6-8)16-9(2)14-15-12(16)18-7-11(13)17/h3-6H,7H2,1-2H3,(H2,13,17). The van der Waals surface area contributed by atoms with Gasteiger partial charge in [-0.2, -0.15) is 0 Å². The van der Waals surface area contributed by atoms with Gasteiger partial charge in [-0.1, -0.05) is 23.9 Å². The minimum absolute atomic E-state index is 0.198. The van der Waals surface area contributed by atoms with Gasteiger partial charge in [0.2, 0.25) is 5.91 Å². The van der Waals surface area contributed by atoms with E-state index in [-0.39, 0.29) is 11.7 Å². The third kappa shape index (κ3) is 2.70. The molecule has 2 N–H and O–H groups in total. The smallest absolute Gasteiger partial charge is 0.227 e. The number of carbonyl (C=O) groups is 1. The molecule has 0 bridgehead atoms. The maximum absolute atomic E-state index is 10.8. The molecule has 0 saturated carbocycles. The van der Waals surface area contributed by atoms with Crippen LogP contribution in [0.2, 0.25) is 0 Å². The number of thioether (sulfide) groups is 1. The maximum Gasteiger partial charge on any atom is 0.227 e. The van der Waals surface area contributed by atoms with Gasteiger partial charge in [0.1, 0.15) is 5.82 Å². The number of carbonyl (C=O) groups excluding carboxylic acids is 1. The number of rotatable bonds is 4. The summed E-state index contributed by atoms with van der Waals surface area (Å²) in [5.74, 6) is 0.619. The molecule has 0 aliphatic rings. The van der Waals surface area contributed by atoms with Crippen molar-refractivity contribution in [3.8, 4) is 5.69 Å². The lowest BCUT2D eigenvalue weighted by Crippen LogP contribution is -2.13. The molecule has 5 nitrogen and oxygen atoms in total. The minimum Gasteiger partial charge on any atom is -0.369 e. The van der Waals surface area contributed by atoms with Crippen molar-refractivity contribution in [2.45, 2.75) is 19.0 Å². The Bertz CT molecular complexity index is 579. The summed E-state index contributed by atoms with van der Waals surface area (Å²) < 4.78 is 1.92. The average molecular weight is 262 g/mol. The van der Waals surface area contributed by atoms with E-state index in [9.17, 15) is 4.79 Å². The number of benzene rings is 1. The fraction of sp³-hybridized carbons (Fsp3) is 0.250. The number of primary amides is 1. The highest BCUT2D eigenvalue weighted by Gasteiger charge is 2.12. The average Bonchev–Trinajstić information content (AvgIpc) is 2.68. The normalized spacial score (nSPS) is 10.6. The van der Waals surface area contributed by atoms with E-state index in [4.69, 9.17) is 5.73 Å². The van der Waals surface area contributed by atoms with Crippen LogP contribution in [0.3, 0.4) is 0 Å². The van der Waals surface area contributed by atoms with E-state index in [1.807, 2.05) is 42.7 Å². The van der Waals surface area contributed by atoms with Gasteiger partial charge in [-0.15, -0.1) is 10.2 Å². The molecule has 0 radical (unpaired) electrons. The Morgan fingerprint density at radius 2 is 2.17 bits per heavy atom. The fourth-order valence-electron chi connectivity index (χ4n) is 1.64. The lowest BCUT2D eigenvalue weighted by atomic mass is 10.2. The van der Waals surface area contributed by atoms with Crippen LogP contribution in [0.4, 0.5) is 0 Å². The Morgan fingerprint density at radius 3 is 2.83 bits per heavy atom. The van der Waals surface area contributed by atoms with Crippen molar-refractivity contribution >= 4 is 17.7 Å². The van der Waals surface area contributed by atoms with Crippen LogP contribution in [-0.4, -0.2) is 26.4 Å². The van der Waals surface area contributed by atoms with Crippen molar-refractivity contribution in [3.05, 3.63) is 35.7 Å². The second kappa shape index (κ2) is 5.22. The fourth-order valence-corrected chi connectivity index (χ4v) is 2.37. The minimum atomic E-state index is -0.364. The van der Waals surface area contributed by atoms with Gasteiger partial charge in [0.25, 0.3) is 0 Å². The highest BCUT2D eigenvalue weighted by atomic mass is 32.2. The first-order valence-corrected chi connectivity index (χ1v) is 6.46. The van der Waals surface area contributed by atoms with E-state index in [0.717, 1.165) is 17.1 Å². The third-order valence-electron chi connectivity index (χ3n) is 2.40. The van der Waals surface area contributed by atoms with Crippen LogP contribution in [0.25, 0.3) is 5.69 Å². The first-order chi connectivity index (χ1) is 8.58. The van der Waals surface area contributed by atoms with Crippen molar-refractivity contribution in [3.63, 3.8) is 0 Å². The first-order valence-electron chi connectivity index (χ1n) is 5.48. The first kappa shape index (κ1) is 12.6. The summed E-state index contributed by atoms with van der Waals surface area (Å²) in [4.78, 5) is 10.8. The number of aryl methyl sites for hydroxylation is 2. The Morgan fingerprint density at radius 1 is 1.39 bits per heavy atom. The number of aromatic nitrogens is 3. The summed E-state index contributed by atoms with van der Waals surface area (Å²) >= 11 is 1.29. The van der Waals surface area contributed by atoms with E-state index < -0.39 is 0 Å². The lowest BCUT2D eigenvalue weighted by molar-refractivity contribution is -0.115. The topological polar surface area (TPSA) is 73.8 Å². The molecule has 2 rings (SSSR count). The molecule has 94 valence electrons. The summed E-state index contributed by atoms with van der Waals surface area (Å²) in [7, 11) is 0. The van der Waals surface area contributed by atoms with Crippen LogP contribution in [0.5, 0.6) is 0 Å². The SMILES string of the molecule is Cc1cccc(-n2c(C)nnc2SCC(N)=O)c1. The Hall–Kier alpha value is -1.82. The van der Waals surface area contributed by atoms with Gasteiger partial charge in [0, 0.05) is 5.69 Å². The van der Waals surface area contributed by atoms with Crippen LogP contribution in [0, 0.1) is 13.8 Å². The number of hydrogen-bond acceptors (Lipinski definition) is 4. The van der Waals surface area contributed by atoms with Crippen LogP contribution in [0.1, 0.15) is 11.4 Å². The zero-order valence-corrected chi connectivity index (χ0v) is 11.1. The highest BCUT2D eigenvalue weighted by molar-refractivity contribution is 7.99. The molecule has 0 saturated heterocycles. The molecule has 0 spiro atoms. The molecule has 1 aromatic carbocycles. The van der Waals surface area contributed by atoms with Gasteiger partial charge in [-0.25, -0.2) is 0 Å². The molecule has 1 aromatic heterocycles. The maximum atomic E-state index is 10.8. The zero-order valence-electron chi connectivity index (χ0n) is 10.3. The molecular formula is C12H14N4OS. The summed E-state index contributed by atoms with van der Waals surface area (Å²) in [5.41, 5.74) is 7.29. The van der Waals surface area contributed by atoms with Crippen LogP contribution < -0.4 is 5.73 Å². The molecule has 0 aliphatic heterocycles. The van der Waals surface area contributed by atoms with Gasteiger partial charge in [0.05, 0.1) is 5.75 Å². The van der Waals surface area contributed by atoms with Crippen molar-refractivity contribution in [1.82, 2.24) is 14.8 Å². The van der Waals surface area contributed by atoms with E-state index in [1.165, 1.54) is 11.8 Å². The number of hydrogen-bond donors (Lipinski definition) is 1. The molecule has 6 heteroatoms. The summed E-state index contributed by atoms with van der Waals surface area (Å²) in [6.45, 7) is 3.91. The van der Waals surface area contributed by atoms with E-state index in [2.05, 4.69) is 10.2 Å². The number of nitrogens with zero attached hydrogens (tertiary/aromatic N) is 3. The molecule has 0 aliphatic carbocycles. The molecular weight excluding hydrogens is 248 g/mol. The van der Waals surface area contributed by atoms with Gasteiger partial charge < -0.3 is 5.73 Å². The van der Waals surface area contributed by atoms with E-state index in [1.54, 1.807) is 0 Å². The molecule has 0 unspecified atom stereocenters. The van der Waals surface area contributed by atoms with Crippen molar-refractivity contribution < 1.29 is 4.79 Å². The summed E-state index contributed by atoms with van der Waals surface area (Å²) in [5, 5.41) is 8.78. The predicted molar refractivity (Wildman–Crippen MR) is 70.8 cm³/mol. The molecule has 0 fully saturated rings. The quantitative estimate of drug-likeness (QED) is 0.847. The Kier molecular flexibility index (Phi) is 3.66. The van der Waals surface area contributed by atoms with E-state index in [0.29, 0.717) is 5.16 Å².